The van der Waals surface area contributed by atoms with E-state index in [0.717, 1.165) is 22.7 Å². The van der Waals surface area contributed by atoms with Gasteiger partial charge in [0.1, 0.15) is 12.1 Å². The Balaban J connectivity index is 2.30. The molecule has 11 heteroatoms. The van der Waals surface area contributed by atoms with Gasteiger partial charge in [-0.25, -0.2) is 4.79 Å². The van der Waals surface area contributed by atoms with Gasteiger partial charge in [-0.2, -0.15) is 0 Å². The quantitative estimate of drug-likeness (QED) is 0.161. The molecule has 0 fully saturated rings. The number of aryl methyl sites for hydroxylation is 1. The maximum atomic E-state index is 13.4. The van der Waals surface area contributed by atoms with Gasteiger partial charge in [0, 0.05) is 37.0 Å². The van der Waals surface area contributed by atoms with Crippen molar-refractivity contribution in [3.05, 3.63) is 36.0 Å². The van der Waals surface area contributed by atoms with E-state index in [1.807, 2.05) is 42.1 Å². The van der Waals surface area contributed by atoms with Gasteiger partial charge in [-0.3, -0.25) is 14.4 Å². The van der Waals surface area contributed by atoms with Gasteiger partial charge in [-0.1, -0.05) is 18.2 Å². The largest absolute Gasteiger partial charge is 0.461 e. The molecule has 3 N–H and O–H groups in total. The van der Waals surface area contributed by atoms with Gasteiger partial charge in [0.25, 0.3) is 0 Å². The number of nitrogens with one attached hydrogen (secondary N) is 3. The molecular formula is C25H35N6O5+. The first kappa shape index (κ1) is 28.4. The molecule has 1 aromatic carbocycles. The van der Waals surface area contributed by atoms with Crippen LogP contribution >= 0.6 is 0 Å². The number of amides is 2. The number of Topliss-reactive ketones (excluding diaryl/α,β-unsaturated/α-hetero) is 1. The second-order valence-electron chi connectivity index (χ2n) is 9.15. The van der Waals surface area contributed by atoms with Crippen molar-refractivity contribution in [1.82, 2.24) is 20.1 Å². The average Bonchev–Trinajstić information content (AvgIpc) is 3.10. The predicted molar refractivity (Wildman–Crippen MR) is 134 cm³/mol. The molecule has 0 saturated carbocycles. The zero-order valence-electron chi connectivity index (χ0n) is 21.4. The molecule has 11 nitrogen and oxygen atoms in total. The molecule has 2 aromatic rings. The highest BCUT2D eigenvalue weighted by Gasteiger charge is 2.29. The molecule has 1 aromatic heterocycles. The number of ketones is 1. The summed E-state index contributed by atoms with van der Waals surface area (Å²) in [5.41, 5.74) is 8.63. The predicted octanol–water partition coefficient (Wildman–Crippen LogP) is 0.863. The summed E-state index contributed by atoms with van der Waals surface area (Å²) in [6.07, 6.45) is 2.39. The summed E-state index contributed by atoms with van der Waals surface area (Å²) in [6, 6.07) is 5.66. The van der Waals surface area contributed by atoms with Crippen LogP contribution in [0.25, 0.3) is 10.9 Å². The fraction of sp³-hybridized carbons (Fsp3) is 0.480. The fourth-order valence-electron chi connectivity index (χ4n) is 3.80. The SMILES string of the molecule is CC(C)OC(=O)[C@H](CCC(=O)C=[N+]=N)NC(=O)[C@H](Cc1cn(C)c2ccccc12)NC(=O)CN(C)C. The fourth-order valence-corrected chi connectivity index (χ4v) is 3.80. The first-order valence-electron chi connectivity index (χ1n) is 11.7. The minimum Gasteiger partial charge on any atom is -0.461 e. The number of benzene rings is 1. The Morgan fingerprint density at radius 1 is 1.14 bits per heavy atom. The highest BCUT2D eigenvalue weighted by Crippen LogP contribution is 2.21. The van der Waals surface area contributed by atoms with Crippen LogP contribution in [0.4, 0.5) is 0 Å². The van der Waals surface area contributed by atoms with E-state index in [1.165, 1.54) is 0 Å². The Morgan fingerprint density at radius 2 is 1.83 bits per heavy atom. The molecule has 36 heavy (non-hydrogen) atoms. The van der Waals surface area contributed by atoms with Crippen LogP contribution in [0.1, 0.15) is 32.3 Å². The van der Waals surface area contributed by atoms with Gasteiger partial charge in [0.05, 0.1) is 23.0 Å². The summed E-state index contributed by atoms with van der Waals surface area (Å²) in [5.74, 6) is -2.04. The van der Waals surface area contributed by atoms with Crippen LogP contribution in [0.2, 0.25) is 0 Å². The normalized spacial score (nSPS) is 12.6. The molecular weight excluding hydrogens is 464 g/mol. The maximum absolute atomic E-state index is 13.4. The molecule has 0 unspecified atom stereocenters. The van der Waals surface area contributed by atoms with Crippen molar-refractivity contribution in [1.29, 1.82) is 5.53 Å². The van der Waals surface area contributed by atoms with E-state index in [4.69, 9.17) is 10.3 Å². The summed E-state index contributed by atoms with van der Waals surface area (Å²) in [5, 5.41) is 6.39. The zero-order valence-corrected chi connectivity index (χ0v) is 21.4. The molecule has 194 valence electrons. The highest BCUT2D eigenvalue weighted by molar-refractivity contribution is 6.25. The van der Waals surface area contributed by atoms with Crippen LogP contribution in [0.3, 0.4) is 0 Å². The third-order valence-corrected chi connectivity index (χ3v) is 5.36. The lowest BCUT2D eigenvalue weighted by Gasteiger charge is -2.23. The molecule has 0 spiro atoms. The maximum Gasteiger partial charge on any atom is 0.372 e. The lowest BCUT2D eigenvalue weighted by Crippen LogP contribution is -2.54. The van der Waals surface area contributed by atoms with Gasteiger partial charge >= 0.3 is 12.2 Å². The Morgan fingerprint density at radius 3 is 2.47 bits per heavy atom. The van der Waals surface area contributed by atoms with Crippen molar-refractivity contribution in [2.45, 2.75) is 51.3 Å². The lowest BCUT2D eigenvalue weighted by molar-refractivity contribution is -0.152. The number of nitrogens with zero attached hydrogens (tertiary/aromatic N) is 3. The molecule has 0 radical (unpaired) electrons. The van der Waals surface area contributed by atoms with E-state index in [2.05, 4.69) is 15.4 Å². The van der Waals surface area contributed by atoms with E-state index in [9.17, 15) is 19.2 Å². The second kappa shape index (κ2) is 13.3. The third-order valence-electron chi connectivity index (χ3n) is 5.36. The van der Waals surface area contributed by atoms with Gasteiger partial charge in [-0.05, 0) is 46.0 Å². The Bertz CT molecular complexity index is 1150. The van der Waals surface area contributed by atoms with Crippen molar-refractivity contribution in [3.63, 3.8) is 0 Å². The number of para-hydroxylation sites is 1. The number of hydrogen-bond acceptors (Lipinski definition) is 7. The van der Waals surface area contributed by atoms with Gasteiger partial charge in [0.15, 0.2) is 0 Å². The monoisotopic (exact) mass is 499 g/mol. The lowest BCUT2D eigenvalue weighted by atomic mass is 10.0. The van der Waals surface area contributed by atoms with Crippen molar-refractivity contribution < 1.29 is 28.7 Å². The van der Waals surface area contributed by atoms with Crippen molar-refractivity contribution >= 4 is 40.7 Å². The summed E-state index contributed by atoms with van der Waals surface area (Å²) >= 11 is 0. The van der Waals surface area contributed by atoms with E-state index in [-0.39, 0.29) is 31.7 Å². The minimum atomic E-state index is -1.11. The molecule has 0 aliphatic heterocycles. The first-order valence-corrected chi connectivity index (χ1v) is 11.7. The summed E-state index contributed by atoms with van der Waals surface area (Å²) < 4.78 is 7.21. The Kier molecular flexibility index (Phi) is 10.5. The number of hydrogen-bond donors (Lipinski definition) is 3. The average molecular weight is 500 g/mol. The zero-order chi connectivity index (χ0) is 26.8. The standard InChI is InChI=1S/C25H34N6O5/c1-16(2)36-25(35)20(11-10-18(32)13-27-26)29-24(34)21(28-23(33)15-30(3)4)12-17-14-31(5)22-9-7-6-8-19(17)22/h6-9,13-14,16,20-21,26H,10-12,15H2,1-5H3,(H-,28,29,33,34)/p+1/t20-,21-/m0/s1. The number of esters is 1. The number of carbonyl (C=O) groups is 4. The van der Waals surface area contributed by atoms with Crippen LogP contribution in [-0.2, 0) is 37.4 Å². The molecule has 0 saturated heterocycles. The van der Waals surface area contributed by atoms with E-state index >= 15 is 0 Å². The first-order chi connectivity index (χ1) is 17.0. The number of fused-ring (bicyclic) bond motifs is 1. The summed E-state index contributed by atoms with van der Waals surface area (Å²) in [6.45, 7) is 3.44. The molecule has 2 amide bonds. The molecule has 0 bridgehead atoms. The molecule has 1 heterocycles. The van der Waals surface area contributed by atoms with Crippen molar-refractivity contribution in [3.8, 4) is 0 Å². The molecule has 2 atom stereocenters. The Hall–Kier alpha value is -3.82. The molecule has 0 aliphatic rings. The van der Waals surface area contributed by atoms with Gasteiger partial charge in [-0.15, -0.1) is 0 Å². The van der Waals surface area contributed by atoms with Crippen LogP contribution in [0, 0.1) is 5.53 Å². The minimum absolute atomic E-state index is 0.0330. The number of carbonyl (C=O) groups excluding carboxylic acids is 4. The number of rotatable bonds is 13. The van der Waals surface area contributed by atoms with Crippen LogP contribution in [-0.4, -0.2) is 82.9 Å². The third kappa shape index (κ3) is 8.44. The highest BCUT2D eigenvalue weighted by atomic mass is 16.5. The number of likely N-dealkylation sites (N-methyl/N-ethyl adjacent to an activating group) is 1. The summed E-state index contributed by atoms with van der Waals surface area (Å²) in [4.78, 5) is 55.1. The van der Waals surface area contributed by atoms with Crippen molar-refractivity contribution in [2.24, 2.45) is 7.05 Å². The van der Waals surface area contributed by atoms with E-state index < -0.39 is 35.8 Å². The number of ether oxygens (including phenoxy) is 1. The van der Waals surface area contributed by atoms with E-state index in [1.54, 1.807) is 32.8 Å². The topological polar surface area (TPSA) is 148 Å². The van der Waals surface area contributed by atoms with Crippen LogP contribution in [0.5, 0.6) is 0 Å². The smallest absolute Gasteiger partial charge is 0.372 e. The van der Waals surface area contributed by atoms with Gasteiger partial charge < -0.3 is 24.8 Å². The van der Waals surface area contributed by atoms with E-state index in [0.29, 0.717) is 0 Å². The van der Waals surface area contributed by atoms with Crippen LogP contribution in [0.15, 0.2) is 30.5 Å². The molecule has 0 aliphatic carbocycles. The summed E-state index contributed by atoms with van der Waals surface area (Å²) in [7, 11) is 5.39. The number of aromatic nitrogens is 1. The molecule has 2 rings (SSSR count). The van der Waals surface area contributed by atoms with Gasteiger partial charge in [0.2, 0.25) is 17.6 Å². The van der Waals surface area contributed by atoms with Crippen molar-refractivity contribution in [2.75, 3.05) is 20.6 Å². The second-order valence-corrected chi connectivity index (χ2v) is 9.15. The van der Waals surface area contributed by atoms with Crippen LogP contribution < -0.4 is 10.6 Å². The Labute approximate surface area is 210 Å².